The summed E-state index contributed by atoms with van der Waals surface area (Å²) in [6.07, 6.45) is 0. The van der Waals surface area contributed by atoms with E-state index in [0.29, 0.717) is 17.5 Å². The fraction of sp³-hybridized carbons (Fsp3) is 0.140. The van der Waals surface area contributed by atoms with Gasteiger partial charge in [-0.05, 0) is 65.6 Å². The summed E-state index contributed by atoms with van der Waals surface area (Å²) < 4.78 is 0. The molecule has 0 fully saturated rings. The third-order valence-corrected chi connectivity index (χ3v) is 12.2. The Morgan fingerprint density at radius 1 is 0.500 bits per heavy atom. The number of hydrogen-bond donors (Lipinski definition) is 1. The minimum absolute atomic E-state index is 0.0782. The molecule has 1 aromatic heterocycles. The van der Waals surface area contributed by atoms with Crippen LogP contribution in [0.1, 0.15) is 65.9 Å². The summed E-state index contributed by atoms with van der Waals surface area (Å²) >= 11 is 5.22. The molecule has 1 heterocycles. The molecule has 9 rings (SSSR count). The molecule has 0 bridgehead atoms. The molecule has 2 aliphatic rings. The second-order valence-electron chi connectivity index (χ2n) is 14.7. The van der Waals surface area contributed by atoms with Gasteiger partial charge in [0.2, 0.25) is 0 Å². The molecule has 2 unspecified atom stereocenters. The van der Waals surface area contributed by atoms with Crippen LogP contribution < -0.4 is 0 Å². The Kier molecular flexibility index (Phi) is 8.51. The highest BCUT2D eigenvalue weighted by atomic mass is 32.1. The molecule has 0 radical (unpaired) electrons. The average Bonchev–Trinajstić information content (AvgIpc) is 3.52. The van der Waals surface area contributed by atoms with E-state index in [-0.39, 0.29) is 11.8 Å². The molecule has 2 atom stereocenters. The van der Waals surface area contributed by atoms with E-state index in [0.717, 1.165) is 21.6 Å². The van der Waals surface area contributed by atoms with E-state index in [1.165, 1.54) is 55.7 Å². The molecular formula is C50H41N3S. The van der Waals surface area contributed by atoms with Crippen LogP contribution >= 0.6 is 12.6 Å². The normalized spacial score (nSPS) is 17.4. The lowest BCUT2D eigenvalue weighted by molar-refractivity contribution is 0.572. The quantitative estimate of drug-likeness (QED) is 0.174. The van der Waals surface area contributed by atoms with Gasteiger partial charge >= 0.3 is 0 Å². The Hall–Kier alpha value is -5.84. The standard InChI is InChI=1S/C50H41N3S/c1-31-17-15-23-38(29-31)50(42-27-13-11-25-40(42)41-26-12-14-28-43(41)50)39-24-16-22-37(30-39)44-32(2)33(3)46(54)45(34(44)4)49-52-47(35-18-7-5-8-19-35)51-48(53-49)36-20-9-6-10-21-36/h5-30,32,44,54H,1-4H3. The molecule has 2 aliphatic carbocycles. The molecule has 54 heavy (non-hydrogen) atoms. The number of benzene rings is 6. The van der Waals surface area contributed by atoms with E-state index in [2.05, 4.69) is 149 Å². The van der Waals surface area contributed by atoms with Crippen LogP contribution in [0.15, 0.2) is 174 Å². The number of nitrogens with zero attached hydrogens (tertiary/aromatic N) is 3. The third-order valence-electron chi connectivity index (χ3n) is 11.7. The van der Waals surface area contributed by atoms with Gasteiger partial charge in [0.25, 0.3) is 0 Å². The second kappa shape index (κ2) is 13.5. The first-order valence-electron chi connectivity index (χ1n) is 18.7. The predicted octanol–water partition coefficient (Wildman–Crippen LogP) is 12.3. The van der Waals surface area contributed by atoms with Gasteiger partial charge in [-0.15, -0.1) is 12.6 Å². The van der Waals surface area contributed by atoms with Crippen molar-refractivity contribution >= 4 is 18.2 Å². The van der Waals surface area contributed by atoms with Crippen molar-refractivity contribution in [2.45, 2.75) is 39.0 Å². The smallest absolute Gasteiger partial charge is 0.165 e. The Bertz CT molecular complexity index is 2520. The summed E-state index contributed by atoms with van der Waals surface area (Å²) in [5.41, 5.74) is 15.1. The minimum atomic E-state index is -0.476. The lowest BCUT2D eigenvalue weighted by Gasteiger charge is -2.37. The molecule has 0 saturated carbocycles. The van der Waals surface area contributed by atoms with Crippen molar-refractivity contribution in [3.05, 3.63) is 213 Å². The maximum absolute atomic E-state index is 5.22. The predicted molar refractivity (Wildman–Crippen MR) is 225 cm³/mol. The number of allylic oxidation sites excluding steroid dienone is 3. The van der Waals surface area contributed by atoms with Gasteiger partial charge in [-0.25, -0.2) is 15.0 Å². The van der Waals surface area contributed by atoms with E-state index in [4.69, 9.17) is 27.6 Å². The Balaban J connectivity index is 1.26. The van der Waals surface area contributed by atoms with Crippen LogP contribution in [0.3, 0.4) is 0 Å². The lowest BCUT2D eigenvalue weighted by atomic mass is 9.66. The van der Waals surface area contributed by atoms with Gasteiger partial charge in [0.05, 0.1) is 5.41 Å². The lowest BCUT2D eigenvalue weighted by Crippen LogP contribution is -2.29. The molecule has 0 N–H and O–H groups in total. The molecule has 0 aliphatic heterocycles. The minimum Gasteiger partial charge on any atom is -0.208 e. The van der Waals surface area contributed by atoms with E-state index >= 15 is 0 Å². The molecule has 0 saturated heterocycles. The maximum Gasteiger partial charge on any atom is 0.165 e. The Labute approximate surface area is 323 Å². The summed E-state index contributed by atoms with van der Waals surface area (Å²) in [4.78, 5) is 16.3. The van der Waals surface area contributed by atoms with Gasteiger partial charge < -0.3 is 0 Å². The SMILES string of the molecule is CC1=C(S)C(c2nc(-c3ccccc3)nc(-c3ccccc3)n2)=C(C)C(c2cccc(C3(c4cccc(C)c4)c4ccccc4-c4ccccc43)c2)C1C. The molecule has 7 aromatic rings. The van der Waals surface area contributed by atoms with Crippen LogP contribution in [0.2, 0.25) is 0 Å². The van der Waals surface area contributed by atoms with Crippen LogP contribution in [-0.2, 0) is 5.41 Å². The van der Waals surface area contributed by atoms with E-state index in [1.54, 1.807) is 0 Å². The summed E-state index contributed by atoms with van der Waals surface area (Å²) in [6.45, 7) is 8.98. The van der Waals surface area contributed by atoms with Crippen molar-refractivity contribution in [3.63, 3.8) is 0 Å². The van der Waals surface area contributed by atoms with Gasteiger partial charge in [-0.3, -0.25) is 0 Å². The van der Waals surface area contributed by atoms with Crippen molar-refractivity contribution in [1.29, 1.82) is 0 Å². The van der Waals surface area contributed by atoms with Crippen molar-refractivity contribution < 1.29 is 0 Å². The molecule has 262 valence electrons. The summed E-state index contributed by atoms with van der Waals surface area (Å²) in [7, 11) is 0. The first-order chi connectivity index (χ1) is 26.4. The van der Waals surface area contributed by atoms with Crippen LogP contribution in [0, 0.1) is 12.8 Å². The second-order valence-corrected chi connectivity index (χ2v) is 15.2. The van der Waals surface area contributed by atoms with Gasteiger partial charge in [0, 0.05) is 27.5 Å². The monoisotopic (exact) mass is 715 g/mol. The van der Waals surface area contributed by atoms with Gasteiger partial charge in [0.15, 0.2) is 17.5 Å². The van der Waals surface area contributed by atoms with E-state index < -0.39 is 5.41 Å². The topological polar surface area (TPSA) is 38.7 Å². The number of fused-ring (bicyclic) bond motifs is 3. The van der Waals surface area contributed by atoms with Crippen LogP contribution in [0.5, 0.6) is 0 Å². The summed E-state index contributed by atoms with van der Waals surface area (Å²) in [5, 5.41) is 0. The Morgan fingerprint density at radius 2 is 1.00 bits per heavy atom. The zero-order valence-electron chi connectivity index (χ0n) is 31.0. The van der Waals surface area contributed by atoms with Gasteiger partial charge in [0.1, 0.15) is 0 Å². The average molecular weight is 716 g/mol. The highest BCUT2D eigenvalue weighted by Crippen LogP contribution is 2.57. The molecule has 0 amide bonds. The first kappa shape index (κ1) is 34.0. The fourth-order valence-corrected chi connectivity index (χ4v) is 9.47. The molecular weight excluding hydrogens is 675 g/mol. The highest BCUT2D eigenvalue weighted by Gasteiger charge is 2.46. The van der Waals surface area contributed by atoms with Crippen LogP contribution in [0.25, 0.3) is 39.5 Å². The Morgan fingerprint density at radius 3 is 1.57 bits per heavy atom. The maximum atomic E-state index is 5.22. The van der Waals surface area contributed by atoms with Crippen molar-refractivity contribution in [2.75, 3.05) is 0 Å². The van der Waals surface area contributed by atoms with E-state index in [1.807, 2.05) is 36.4 Å². The van der Waals surface area contributed by atoms with Gasteiger partial charge in [-0.1, -0.05) is 181 Å². The molecule has 0 spiro atoms. The molecule has 6 aromatic carbocycles. The zero-order valence-corrected chi connectivity index (χ0v) is 31.8. The van der Waals surface area contributed by atoms with Crippen molar-refractivity contribution in [2.24, 2.45) is 5.92 Å². The summed E-state index contributed by atoms with van der Waals surface area (Å²) in [5.74, 6) is 2.23. The number of thiol groups is 1. The molecule has 4 heteroatoms. The molecule has 3 nitrogen and oxygen atoms in total. The largest absolute Gasteiger partial charge is 0.208 e. The third kappa shape index (κ3) is 5.39. The van der Waals surface area contributed by atoms with Crippen molar-refractivity contribution in [1.82, 2.24) is 15.0 Å². The van der Waals surface area contributed by atoms with Crippen molar-refractivity contribution in [3.8, 4) is 33.9 Å². The highest BCUT2D eigenvalue weighted by molar-refractivity contribution is 7.85. The number of hydrogen-bond acceptors (Lipinski definition) is 4. The fourth-order valence-electron chi connectivity index (χ4n) is 8.99. The zero-order chi connectivity index (χ0) is 37.0. The summed E-state index contributed by atoms with van der Waals surface area (Å²) in [6, 6.07) is 56.7. The first-order valence-corrected chi connectivity index (χ1v) is 19.2. The number of aryl methyl sites for hydroxylation is 1. The van der Waals surface area contributed by atoms with Gasteiger partial charge in [-0.2, -0.15) is 0 Å². The van der Waals surface area contributed by atoms with E-state index in [9.17, 15) is 0 Å². The van der Waals surface area contributed by atoms with Crippen LogP contribution in [-0.4, -0.2) is 15.0 Å². The van der Waals surface area contributed by atoms with Crippen LogP contribution in [0.4, 0.5) is 0 Å². The number of aromatic nitrogens is 3. The number of rotatable bonds is 6.